The van der Waals surface area contributed by atoms with Crippen molar-refractivity contribution in [3.63, 3.8) is 0 Å². The molecule has 0 spiro atoms. The number of nitrogens with one attached hydrogen (secondary N) is 2. The summed E-state index contributed by atoms with van der Waals surface area (Å²) in [5.74, 6) is -2.36. The smallest absolute Gasteiger partial charge is 0.217 e. The molecule has 0 bridgehead atoms. The van der Waals surface area contributed by atoms with Crippen molar-refractivity contribution in [2.45, 2.75) is 59.2 Å². The van der Waals surface area contributed by atoms with E-state index in [-0.39, 0.29) is 24.3 Å². The first-order valence-corrected chi connectivity index (χ1v) is 12.2. The van der Waals surface area contributed by atoms with Crippen LogP contribution >= 0.6 is 0 Å². The number of hydrogen-bond acceptors (Lipinski definition) is 4. The minimum Gasteiger partial charge on any atom is -0.390 e. The predicted octanol–water partition coefficient (Wildman–Crippen LogP) is 4.95. The summed E-state index contributed by atoms with van der Waals surface area (Å²) in [5.41, 5.74) is 4.17. The van der Waals surface area contributed by atoms with E-state index in [0.717, 1.165) is 34.7 Å². The summed E-state index contributed by atoms with van der Waals surface area (Å²) in [4.78, 5) is 15.5. The molecule has 0 aliphatic rings. The SMILES string of the molecule is CC(=O)NC(Cc1cc(F)cc(F)c1)C(O)CNCc1cc(CC(C)(C)C)ccc1-c1ccc(F)nc1. The van der Waals surface area contributed by atoms with E-state index in [9.17, 15) is 23.1 Å². The van der Waals surface area contributed by atoms with Gasteiger partial charge in [0.1, 0.15) is 11.6 Å². The Morgan fingerprint density at radius 3 is 2.30 bits per heavy atom. The van der Waals surface area contributed by atoms with Crippen LogP contribution in [0.25, 0.3) is 11.1 Å². The highest BCUT2D eigenvalue weighted by Crippen LogP contribution is 2.28. The van der Waals surface area contributed by atoms with Crippen LogP contribution in [0.15, 0.2) is 54.7 Å². The molecular formula is C29H34F3N3O2. The standard InChI is InChI=1S/C29H34F3N3O2/c1-18(36)35-26(12-20-10-23(30)13-24(31)11-20)27(37)17-33-15-22-9-19(14-29(2,3)4)5-7-25(22)21-6-8-28(32)34-16-21/h5-11,13,16,26-27,33,37H,12,14-15,17H2,1-4H3,(H,35,36). The predicted molar refractivity (Wildman–Crippen MR) is 138 cm³/mol. The van der Waals surface area contributed by atoms with Crippen LogP contribution in [0.4, 0.5) is 13.2 Å². The number of nitrogens with zero attached hydrogens (tertiary/aromatic N) is 1. The molecule has 198 valence electrons. The fourth-order valence-corrected chi connectivity index (χ4v) is 4.36. The number of amides is 1. The molecule has 8 heteroatoms. The van der Waals surface area contributed by atoms with Crippen molar-refractivity contribution >= 4 is 5.91 Å². The molecule has 1 amide bonds. The number of rotatable bonds is 10. The number of benzene rings is 2. The zero-order valence-electron chi connectivity index (χ0n) is 21.6. The van der Waals surface area contributed by atoms with E-state index in [1.165, 1.54) is 31.3 Å². The molecule has 1 heterocycles. The van der Waals surface area contributed by atoms with Crippen LogP contribution in [0.1, 0.15) is 44.4 Å². The average molecular weight is 514 g/mol. The number of carbonyl (C=O) groups is 1. The first kappa shape index (κ1) is 28.3. The van der Waals surface area contributed by atoms with Gasteiger partial charge in [-0.1, -0.05) is 39.0 Å². The van der Waals surface area contributed by atoms with Gasteiger partial charge in [-0.05, 0) is 64.8 Å². The number of aliphatic hydroxyl groups is 1. The fraction of sp³-hybridized carbons (Fsp3) is 0.379. The van der Waals surface area contributed by atoms with Crippen LogP contribution in [-0.4, -0.2) is 34.7 Å². The molecule has 2 aromatic carbocycles. The molecule has 0 saturated carbocycles. The van der Waals surface area contributed by atoms with Crippen LogP contribution in [0.5, 0.6) is 0 Å². The molecule has 0 radical (unpaired) electrons. The summed E-state index contributed by atoms with van der Waals surface area (Å²) in [7, 11) is 0. The molecule has 3 rings (SSSR count). The summed E-state index contributed by atoms with van der Waals surface area (Å²) < 4.78 is 40.7. The second-order valence-electron chi connectivity index (χ2n) is 10.6. The van der Waals surface area contributed by atoms with Gasteiger partial charge in [0.25, 0.3) is 0 Å². The van der Waals surface area contributed by atoms with Crippen molar-refractivity contribution in [2.24, 2.45) is 5.41 Å². The van der Waals surface area contributed by atoms with E-state index in [0.29, 0.717) is 12.1 Å². The van der Waals surface area contributed by atoms with E-state index < -0.39 is 29.7 Å². The van der Waals surface area contributed by atoms with Gasteiger partial charge in [0, 0.05) is 37.8 Å². The fourth-order valence-electron chi connectivity index (χ4n) is 4.36. The number of halogens is 3. The van der Waals surface area contributed by atoms with Crippen LogP contribution < -0.4 is 10.6 Å². The lowest BCUT2D eigenvalue weighted by Crippen LogP contribution is -2.48. The average Bonchev–Trinajstić information content (AvgIpc) is 2.77. The Hall–Kier alpha value is -3.23. The van der Waals surface area contributed by atoms with Crippen molar-refractivity contribution in [1.29, 1.82) is 0 Å². The number of pyridine rings is 1. The van der Waals surface area contributed by atoms with Crippen molar-refractivity contribution in [1.82, 2.24) is 15.6 Å². The molecule has 0 saturated heterocycles. The van der Waals surface area contributed by atoms with E-state index >= 15 is 0 Å². The van der Waals surface area contributed by atoms with Crippen molar-refractivity contribution in [3.8, 4) is 11.1 Å². The van der Waals surface area contributed by atoms with E-state index in [1.807, 2.05) is 12.1 Å². The minimum atomic E-state index is -1.02. The first-order chi connectivity index (χ1) is 17.4. The van der Waals surface area contributed by atoms with Gasteiger partial charge in [0.15, 0.2) is 0 Å². The highest BCUT2D eigenvalue weighted by Gasteiger charge is 2.22. The lowest BCUT2D eigenvalue weighted by molar-refractivity contribution is -0.120. The van der Waals surface area contributed by atoms with Gasteiger partial charge in [-0.3, -0.25) is 4.79 Å². The maximum Gasteiger partial charge on any atom is 0.217 e. The molecule has 0 fully saturated rings. The Morgan fingerprint density at radius 1 is 1.00 bits per heavy atom. The second kappa shape index (κ2) is 12.3. The summed E-state index contributed by atoms with van der Waals surface area (Å²) in [5, 5.41) is 16.8. The zero-order chi connectivity index (χ0) is 27.2. The largest absolute Gasteiger partial charge is 0.390 e. The third kappa shape index (κ3) is 8.98. The third-order valence-corrected chi connectivity index (χ3v) is 5.84. The topological polar surface area (TPSA) is 74.2 Å². The van der Waals surface area contributed by atoms with Crippen molar-refractivity contribution in [2.75, 3.05) is 6.54 Å². The Morgan fingerprint density at radius 2 is 1.70 bits per heavy atom. The lowest BCUT2D eigenvalue weighted by atomic mass is 9.86. The van der Waals surface area contributed by atoms with Crippen LogP contribution in [0, 0.1) is 23.0 Å². The molecule has 1 aromatic heterocycles. The molecule has 0 aliphatic heterocycles. The van der Waals surface area contributed by atoms with E-state index in [1.54, 1.807) is 6.07 Å². The molecule has 2 unspecified atom stereocenters. The van der Waals surface area contributed by atoms with Gasteiger partial charge in [-0.15, -0.1) is 0 Å². The summed E-state index contributed by atoms with van der Waals surface area (Å²) in [6.07, 6.45) is 1.38. The molecule has 3 N–H and O–H groups in total. The normalized spacial score (nSPS) is 13.3. The summed E-state index contributed by atoms with van der Waals surface area (Å²) in [6.45, 7) is 8.31. The van der Waals surface area contributed by atoms with Gasteiger partial charge >= 0.3 is 0 Å². The molecule has 5 nitrogen and oxygen atoms in total. The highest BCUT2D eigenvalue weighted by molar-refractivity contribution is 5.73. The molecular weight excluding hydrogens is 479 g/mol. The van der Waals surface area contributed by atoms with Crippen molar-refractivity contribution < 1.29 is 23.1 Å². The summed E-state index contributed by atoms with van der Waals surface area (Å²) >= 11 is 0. The van der Waals surface area contributed by atoms with Crippen molar-refractivity contribution in [3.05, 3.63) is 89.0 Å². The first-order valence-electron chi connectivity index (χ1n) is 12.2. The maximum atomic E-state index is 13.6. The summed E-state index contributed by atoms with van der Waals surface area (Å²) in [6, 6.07) is 11.5. The van der Waals surface area contributed by atoms with Crippen LogP contribution in [-0.2, 0) is 24.2 Å². The third-order valence-electron chi connectivity index (χ3n) is 5.84. The lowest BCUT2D eigenvalue weighted by Gasteiger charge is -2.25. The van der Waals surface area contributed by atoms with Crippen LogP contribution in [0.2, 0.25) is 0 Å². The monoisotopic (exact) mass is 513 g/mol. The van der Waals surface area contributed by atoms with Gasteiger partial charge < -0.3 is 15.7 Å². The van der Waals surface area contributed by atoms with Gasteiger partial charge in [0.05, 0.1) is 12.1 Å². The zero-order valence-corrected chi connectivity index (χ0v) is 21.6. The Balaban J connectivity index is 1.76. The van der Waals surface area contributed by atoms with Gasteiger partial charge in [0.2, 0.25) is 11.9 Å². The Bertz CT molecular complexity index is 1190. The van der Waals surface area contributed by atoms with Gasteiger partial charge in [-0.25, -0.2) is 13.8 Å². The number of aliphatic hydroxyl groups excluding tert-OH is 1. The minimum absolute atomic E-state index is 0.0602. The number of carbonyl (C=O) groups excluding carboxylic acids is 1. The van der Waals surface area contributed by atoms with E-state index in [4.69, 9.17) is 0 Å². The number of hydrogen-bond donors (Lipinski definition) is 3. The molecule has 0 aliphatic carbocycles. The Kier molecular flexibility index (Phi) is 9.45. The van der Waals surface area contributed by atoms with E-state index in [2.05, 4.69) is 42.5 Å². The molecule has 2 atom stereocenters. The van der Waals surface area contributed by atoms with Crippen LogP contribution in [0.3, 0.4) is 0 Å². The maximum absolute atomic E-state index is 13.6. The Labute approximate surface area is 216 Å². The second-order valence-corrected chi connectivity index (χ2v) is 10.6. The molecule has 3 aromatic rings. The number of aromatic nitrogens is 1. The molecule has 37 heavy (non-hydrogen) atoms. The van der Waals surface area contributed by atoms with Gasteiger partial charge in [-0.2, -0.15) is 4.39 Å². The quantitative estimate of drug-likeness (QED) is 0.336. The highest BCUT2D eigenvalue weighted by atomic mass is 19.1.